The van der Waals surface area contributed by atoms with Crippen molar-refractivity contribution in [1.82, 2.24) is 10.2 Å². The first-order valence-electron chi connectivity index (χ1n) is 11.2. The van der Waals surface area contributed by atoms with Crippen molar-refractivity contribution in [2.45, 2.75) is 38.6 Å². The van der Waals surface area contributed by atoms with Crippen molar-refractivity contribution >= 4 is 11.9 Å². The number of hydrogen-bond acceptors (Lipinski definition) is 4. The van der Waals surface area contributed by atoms with E-state index < -0.39 is 5.97 Å². The molecule has 2 N–H and O–H groups in total. The standard InChI is InChI=1S/C27H28N2O4/c30-26(28-17-20-5-2-1-3-6-20)25-7-4-16-29(25)18-21-10-14-24(15-11-21)33-19-22-8-12-23(13-9-22)27(31)32/h1-3,5-6,8-15,25H,4,7,16-19H2,(H,28,30)(H,31,32)/t25-/m0/s1. The third kappa shape index (κ3) is 6.20. The summed E-state index contributed by atoms with van der Waals surface area (Å²) >= 11 is 0. The van der Waals surface area contributed by atoms with Crippen LogP contribution in [0.15, 0.2) is 78.9 Å². The van der Waals surface area contributed by atoms with E-state index in [1.807, 2.05) is 54.6 Å². The predicted octanol–water partition coefficient (Wildman–Crippen LogP) is 4.24. The first-order chi connectivity index (χ1) is 16.1. The molecule has 4 rings (SSSR count). The molecule has 1 aliphatic rings. The zero-order chi connectivity index (χ0) is 23.0. The first-order valence-corrected chi connectivity index (χ1v) is 11.2. The van der Waals surface area contributed by atoms with Crippen LogP contribution in [0.3, 0.4) is 0 Å². The molecule has 0 bridgehead atoms. The molecular weight excluding hydrogens is 416 g/mol. The Hall–Kier alpha value is -3.64. The van der Waals surface area contributed by atoms with Gasteiger partial charge in [-0.2, -0.15) is 0 Å². The first kappa shape index (κ1) is 22.6. The Kier molecular flexibility index (Phi) is 7.37. The summed E-state index contributed by atoms with van der Waals surface area (Å²) in [6, 6.07) is 24.4. The van der Waals surface area contributed by atoms with Crippen LogP contribution in [0.2, 0.25) is 0 Å². The highest BCUT2D eigenvalue weighted by Crippen LogP contribution is 2.22. The SMILES string of the molecule is O=C(O)c1ccc(COc2ccc(CN3CCC[C@H]3C(=O)NCc3ccccc3)cc2)cc1. The zero-order valence-corrected chi connectivity index (χ0v) is 18.4. The van der Waals surface area contributed by atoms with E-state index in [1.165, 1.54) is 0 Å². The lowest BCUT2D eigenvalue weighted by Crippen LogP contribution is -2.42. The van der Waals surface area contributed by atoms with Crippen LogP contribution in [0, 0.1) is 0 Å². The van der Waals surface area contributed by atoms with Gasteiger partial charge in [0.2, 0.25) is 5.91 Å². The van der Waals surface area contributed by atoms with Gasteiger partial charge < -0.3 is 15.2 Å². The van der Waals surface area contributed by atoms with Gasteiger partial charge in [0.05, 0.1) is 11.6 Å². The van der Waals surface area contributed by atoms with Gasteiger partial charge in [0, 0.05) is 13.1 Å². The Morgan fingerprint density at radius 3 is 2.30 bits per heavy atom. The molecule has 3 aromatic carbocycles. The van der Waals surface area contributed by atoms with Crippen LogP contribution in [0.1, 0.15) is 39.9 Å². The number of hydrogen-bond donors (Lipinski definition) is 2. The molecule has 0 aliphatic carbocycles. The van der Waals surface area contributed by atoms with Crippen molar-refractivity contribution in [3.63, 3.8) is 0 Å². The average Bonchev–Trinajstić information content (AvgIpc) is 3.31. The molecule has 1 aliphatic heterocycles. The number of nitrogens with zero attached hydrogens (tertiary/aromatic N) is 1. The van der Waals surface area contributed by atoms with E-state index in [0.29, 0.717) is 13.2 Å². The highest BCUT2D eigenvalue weighted by molar-refractivity contribution is 5.87. The van der Waals surface area contributed by atoms with Crippen molar-refractivity contribution in [2.75, 3.05) is 6.54 Å². The van der Waals surface area contributed by atoms with E-state index in [2.05, 4.69) is 10.2 Å². The van der Waals surface area contributed by atoms with Gasteiger partial charge in [-0.15, -0.1) is 0 Å². The van der Waals surface area contributed by atoms with E-state index in [1.54, 1.807) is 24.3 Å². The van der Waals surface area contributed by atoms with Crippen LogP contribution in [0.4, 0.5) is 0 Å². The van der Waals surface area contributed by atoms with Crippen molar-refractivity contribution < 1.29 is 19.4 Å². The van der Waals surface area contributed by atoms with Gasteiger partial charge >= 0.3 is 5.97 Å². The fraction of sp³-hybridized carbons (Fsp3) is 0.259. The molecule has 33 heavy (non-hydrogen) atoms. The highest BCUT2D eigenvalue weighted by atomic mass is 16.5. The number of rotatable bonds is 9. The molecule has 1 saturated heterocycles. The van der Waals surface area contributed by atoms with Crippen LogP contribution in [0.5, 0.6) is 5.75 Å². The number of carboxylic acids is 1. The molecule has 6 heteroatoms. The number of benzene rings is 3. The summed E-state index contributed by atoms with van der Waals surface area (Å²) in [5.74, 6) is -0.100. The minimum Gasteiger partial charge on any atom is -0.489 e. The Labute approximate surface area is 193 Å². The molecular formula is C27H28N2O4. The summed E-state index contributed by atoms with van der Waals surface area (Å²) in [7, 11) is 0. The van der Waals surface area contributed by atoms with E-state index in [4.69, 9.17) is 9.84 Å². The molecule has 170 valence electrons. The molecule has 3 aromatic rings. The lowest BCUT2D eigenvalue weighted by molar-refractivity contribution is -0.125. The van der Waals surface area contributed by atoms with Gasteiger partial charge in [-0.1, -0.05) is 54.6 Å². The number of carboxylic acid groups (broad SMARTS) is 1. The zero-order valence-electron chi connectivity index (χ0n) is 18.4. The number of carbonyl (C=O) groups excluding carboxylic acids is 1. The van der Waals surface area contributed by atoms with E-state index >= 15 is 0 Å². The quantitative estimate of drug-likeness (QED) is 0.516. The molecule has 0 aromatic heterocycles. The number of aromatic carboxylic acids is 1. The third-order valence-electron chi connectivity index (χ3n) is 5.89. The number of nitrogens with one attached hydrogen (secondary N) is 1. The van der Waals surface area contributed by atoms with Crippen LogP contribution in [-0.2, 0) is 24.5 Å². The maximum Gasteiger partial charge on any atom is 0.335 e. The summed E-state index contributed by atoms with van der Waals surface area (Å²) in [6.07, 6.45) is 1.90. The van der Waals surface area contributed by atoms with Crippen LogP contribution < -0.4 is 10.1 Å². The normalized spacial score (nSPS) is 15.8. The number of amides is 1. The predicted molar refractivity (Wildman–Crippen MR) is 126 cm³/mol. The van der Waals surface area contributed by atoms with E-state index in [9.17, 15) is 9.59 Å². The molecule has 6 nitrogen and oxygen atoms in total. The fourth-order valence-electron chi connectivity index (χ4n) is 4.05. The second kappa shape index (κ2) is 10.8. The Balaban J connectivity index is 1.27. The second-order valence-electron chi connectivity index (χ2n) is 8.27. The molecule has 1 heterocycles. The number of carbonyl (C=O) groups is 2. The smallest absolute Gasteiger partial charge is 0.335 e. The van der Waals surface area contributed by atoms with Crippen molar-refractivity contribution in [1.29, 1.82) is 0 Å². The monoisotopic (exact) mass is 444 g/mol. The average molecular weight is 445 g/mol. The van der Waals surface area contributed by atoms with Gasteiger partial charge in [-0.25, -0.2) is 4.79 Å². The molecule has 0 radical (unpaired) electrons. The van der Waals surface area contributed by atoms with Gasteiger partial charge in [0.1, 0.15) is 12.4 Å². The fourth-order valence-corrected chi connectivity index (χ4v) is 4.05. The van der Waals surface area contributed by atoms with Crippen molar-refractivity contribution in [2.24, 2.45) is 0 Å². The van der Waals surface area contributed by atoms with Gasteiger partial charge in [0.25, 0.3) is 0 Å². The lowest BCUT2D eigenvalue weighted by atomic mass is 10.1. The minimum atomic E-state index is -0.938. The summed E-state index contributed by atoms with van der Waals surface area (Å²) < 4.78 is 5.83. The molecule has 0 saturated carbocycles. The van der Waals surface area contributed by atoms with Gasteiger partial charge in [-0.05, 0) is 60.3 Å². The van der Waals surface area contributed by atoms with Crippen LogP contribution in [0.25, 0.3) is 0 Å². The summed E-state index contributed by atoms with van der Waals surface area (Å²) in [4.78, 5) is 25.9. The third-order valence-corrected chi connectivity index (χ3v) is 5.89. The maximum absolute atomic E-state index is 12.7. The second-order valence-corrected chi connectivity index (χ2v) is 8.27. The number of likely N-dealkylation sites (tertiary alicyclic amines) is 1. The van der Waals surface area contributed by atoms with Crippen LogP contribution >= 0.6 is 0 Å². The summed E-state index contributed by atoms with van der Waals surface area (Å²) in [5.41, 5.74) is 3.40. The number of ether oxygens (including phenoxy) is 1. The minimum absolute atomic E-state index is 0.0882. The lowest BCUT2D eigenvalue weighted by Gasteiger charge is -2.24. The molecule has 0 unspecified atom stereocenters. The highest BCUT2D eigenvalue weighted by Gasteiger charge is 2.30. The Morgan fingerprint density at radius 2 is 1.61 bits per heavy atom. The molecule has 1 fully saturated rings. The molecule has 1 amide bonds. The maximum atomic E-state index is 12.7. The summed E-state index contributed by atoms with van der Waals surface area (Å²) in [5, 5.41) is 12.0. The largest absolute Gasteiger partial charge is 0.489 e. The summed E-state index contributed by atoms with van der Waals surface area (Å²) in [6.45, 7) is 2.55. The molecule has 0 spiro atoms. The Morgan fingerprint density at radius 1 is 0.909 bits per heavy atom. The van der Waals surface area contributed by atoms with E-state index in [0.717, 1.165) is 48.4 Å². The van der Waals surface area contributed by atoms with Crippen molar-refractivity contribution in [3.8, 4) is 5.75 Å². The Bertz CT molecular complexity index is 1070. The van der Waals surface area contributed by atoms with Crippen molar-refractivity contribution in [3.05, 3.63) is 101 Å². The van der Waals surface area contributed by atoms with E-state index in [-0.39, 0.29) is 17.5 Å². The van der Waals surface area contributed by atoms with Gasteiger partial charge in [0.15, 0.2) is 0 Å². The molecule has 1 atom stereocenters. The van der Waals surface area contributed by atoms with Crippen LogP contribution in [-0.4, -0.2) is 34.5 Å². The van der Waals surface area contributed by atoms with Gasteiger partial charge in [-0.3, -0.25) is 9.69 Å². The topological polar surface area (TPSA) is 78.9 Å².